The van der Waals surface area contributed by atoms with E-state index in [1.165, 1.54) is 6.20 Å². The second-order valence-electron chi connectivity index (χ2n) is 5.29. The number of carbonyl (C=O) groups excluding carboxylic acids is 1. The van der Waals surface area contributed by atoms with E-state index < -0.39 is 28.9 Å². The Morgan fingerprint density at radius 3 is 2.50 bits per heavy atom. The van der Waals surface area contributed by atoms with Crippen LogP contribution in [0.25, 0.3) is 0 Å². The SMILES string of the molecule is O=C(Nc1cccnc1NCc1ccncc1)c1ccc(F)c(F)c1F. The van der Waals surface area contributed by atoms with Crippen LogP contribution in [0.2, 0.25) is 0 Å². The van der Waals surface area contributed by atoms with Gasteiger partial charge in [-0.05, 0) is 42.0 Å². The molecule has 2 aromatic heterocycles. The largest absolute Gasteiger partial charge is 0.364 e. The molecule has 0 atom stereocenters. The number of anilines is 2. The minimum atomic E-state index is -1.69. The number of pyridine rings is 2. The molecule has 0 aliphatic heterocycles. The smallest absolute Gasteiger partial charge is 0.258 e. The van der Waals surface area contributed by atoms with Crippen molar-refractivity contribution in [2.75, 3.05) is 10.6 Å². The van der Waals surface area contributed by atoms with Crippen molar-refractivity contribution in [3.63, 3.8) is 0 Å². The molecule has 26 heavy (non-hydrogen) atoms. The molecule has 0 aliphatic rings. The third kappa shape index (κ3) is 3.80. The van der Waals surface area contributed by atoms with Gasteiger partial charge in [0.1, 0.15) is 5.82 Å². The second-order valence-corrected chi connectivity index (χ2v) is 5.29. The van der Waals surface area contributed by atoms with Crippen LogP contribution in [0.3, 0.4) is 0 Å². The molecule has 0 bridgehead atoms. The van der Waals surface area contributed by atoms with Crippen LogP contribution in [0, 0.1) is 17.5 Å². The molecule has 2 N–H and O–H groups in total. The van der Waals surface area contributed by atoms with E-state index in [1.807, 2.05) is 12.1 Å². The standard InChI is InChI=1S/C18H13F3N4O/c19-13-4-3-12(15(20)16(13)21)18(26)25-14-2-1-7-23-17(14)24-10-11-5-8-22-9-6-11/h1-9H,10H2,(H,23,24)(H,25,26). The van der Waals surface area contributed by atoms with Crippen LogP contribution < -0.4 is 10.6 Å². The molecule has 2 heterocycles. The zero-order valence-corrected chi connectivity index (χ0v) is 13.3. The highest BCUT2D eigenvalue weighted by Gasteiger charge is 2.19. The Bertz CT molecular complexity index is 935. The minimum Gasteiger partial charge on any atom is -0.364 e. The molecular formula is C18H13F3N4O. The Kier molecular flexibility index (Phi) is 5.12. The monoisotopic (exact) mass is 358 g/mol. The fraction of sp³-hybridized carbons (Fsp3) is 0.0556. The van der Waals surface area contributed by atoms with E-state index in [4.69, 9.17) is 0 Å². The van der Waals surface area contributed by atoms with Gasteiger partial charge in [0, 0.05) is 25.1 Å². The van der Waals surface area contributed by atoms with Crippen LogP contribution in [-0.2, 0) is 6.54 Å². The molecule has 0 saturated heterocycles. The van der Waals surface area contributed by atoms with E-state index >= 15 is 0 Å². The third-order valence-electron chi connectivity index (χ3n) is 3.55. The van der Waals surface area contributed by atoms with Gasteiger partial charge >= 0.3 is 0 Å². The van der Waals surface area contributed by atoms with Gasteiger partial charge in [-0.1, -0.05) is 0 Å². The molecule has 0 spiro atoms. The molecule has 3 rings (SSSR count). The van der Waals surface area contributed by atoms with E-state index in [1.54, 1.807) is 24.5 Å². The van der Waals surface area contributed by atoms with Gasteiger partial charge < -0.3 is 10.6 Å². The first-order chi connectivity index (χ1) is 12.6. The van der Waals surface area contributed by atoms with Gasteiger partial charge in [0.05, 0.1) is 11.3 Å². The number of rotatable bonds is 5. The predicted molar refractivity (Wildman–Crippen MR) is 90.1 cm³/mol. The molecule has 5 nitrogen and oxygen atoms in total. The first-order valence-corrected chi connectivity index (χ1v) is 7.59. The van der Waals surface area contributed by atoms with E-state index in [0.717, 1.165) is 11.6 Å². The van der Waals surface area contributed by atoms with Crippen molar-refractivity contribution < 1.29 is 18.0 Å². The van der Waals surface area contributed by atoms with Gasteiger partial charge in [0.2, 0.25) is 0 Å². The van der Waals surface area contributed by atoms with Gasteiger partial charge in [-0.15, -0.1) is 0 Å². The van der Waals surface area contributed by atoms with Crippen LogP contribution in [0.15, 0.2) is 55.0 Å². The lowest BCUT2D eigenvalue weighted by Crippen LogP contribution is -2.17. The number of hydrogen-bond acceptors (Lipinski definition) is 4. The lowest BCUT2D eigenvalue weighted by atomic mass is 10.2. The zero-order chi connectivity index (χ0) is 18.5. The van der Waals surface area contributed by atoms with Gasteiger partial charge in [-0.3, -0.25) is 9.78 Å². The number of hydrogen-bond donors (Lipinski definition) is 2. The lowest BCUT2D eigenvalue weighted by Gasteiger charge is -2.12. The average molecular weight is 358 g/mol. The number of nitrogens with one attached hydrogen (secondary N) is 2. The number of halogens is 3. The first kappa shape index (κ1) is 17.4. The van der Waals surface area contributed by atoms with Crippen molar-refractivity contribution in [1.29, 1.82) is 0 Å². The van der Waals surface area contributed by atoms with Gasteiger partial charge in [-0.2, -0.15) is 0 Å². The summed E-state index contributed by atoms with van der Waals surface area (Å²) in [6, 6.07) is 8.32. The average Bonchev–Trinajstić information content (AvgIpc) is 2.66. The fourth-order valence-corrected chi connectivity index (χ4v) is 2.22. The van der Waals surface area contributed by atoms with Crippen molar-refractivity contribution in [2.45, 2.75) is 6.54 Å². The van der Waals surface area contributed by atoms with Gasteiger partial charge in [0.15, 0.2) is 17.5 Å². The normalized spacial score (nSPS) is 10.4. The summed E-state index contributed by atoms with van der Waals surface area (Å²) in [7, 11) is 0. The topological polar surface area (TPSA) is 66.9 Å². The van der Waals surface area contributed by atoms with Crippen molar-refractivity contribution in [3.05, 3.63) is 83.6 Å². The van der Waals surface area contributed by atoms with Crippen LogP contribution >= 0.6 is 0 Å². The summed E-state index contributed by atoms with van der Waals surface area (Å²) in [6.07, 6.45) is 4.80. The highest BCUT2D eigenvalue weighted by Crippen LogP contribution is 2.21. The summed E-state index contributed by atoms with van der Waals surface area (Å²) in [5, 5.41) is 5.49. The number of nitrogens with zero attached hydrogens (tertiary/aromatic N) is 2. The third-order valence-corrected chi connectivity index (χ3v) is 3.55. The second kappa shape index (κ2) is 7.64. The maximum Gasteiger partial charge on any atom is 0.258 e. The number of aromatic nitrogens is 2. The van der Waals surface area contributed by atoms with Crippen LogP contribution in [0.5, 0.6) is 0 Å². The molecule has 8 heteroatoms. The van der Waals surface area contributed by atoms with E-state index in [9.17, 15) is 18.0 Å². The van der Waals surface area contributed by atoms with Crippen molar-refractivity contribution in [3.8, 4) is 0 Å². The maximum atomic E-state index is 13.8. The highest BCUT2D eigenvalue weighted by atomic mass is 19.2. The minimum absolute atomic E-state index is 0.274. The zero-order valence-electron chi connectivity index (χ0n) is 13.3. The van der Waals surface area contributed by atoms with Crippen LogP contribution in [0.1, 0.15) is 15.9 Å². The molecule has 0 radical (unpaired) electrons. The fourth-order valence-electron chi connectivity index (χ4n) is 2.22. The molecule has 0 aliphatic carbocycles. The molecule has 1 amide bonds. The summed E-state index contributed by atoms with van der Waals surface area (Å²) < 4.78 is 40.1. The first-order valence-electron chi connectivity index (χ1n) is 7.59. The Morgan fingerprint density at radius 2 is 1.73 bits per heavy atom. The van der Waals surface area contributed by atoms with E-state index in [2.05, 4.69) is 20.6 Å². The van der Waals surface area contributed by atoms with Crippen molar-refractivity contribution in [1.82, 2.24) is 9.97 Å². The van der Waals surface area contributed by atoms with Crippen molar-refractivity contribution >= 4 is 17.4 Å². The van der Waals surface area contributed by atoms with E-state index in [0.29, 0.717) is 18.4 Å². The quantitative estimate of drug-likeness (QED) is 0.682. The summed E-state index contributed by atoms with van der Waals surface area (Å²) >= 11 is 0. The van der Waals surface area contributed by atoms with Crippen molar-refractivity contribution in [2.24, 2.45) is 0 Å². The molecule has 3 aromatic rings. The Balaban J connectivity index is 1.78. The molecule has 0 fully saturated rings. The lowest BCUT2D eigenvalue weighted by molar-refractivity contribution is 0.102. The van der Waals surface area contributed by atoms with Crippen LogP contribution in [-0.4, -0.2) is 15.9 Å². The number of benzene rings is 1. The Labute approximate surface area is 146 Å². The Hall–Kier alpha value is -3.42. The molecular weight excluding hydrogens is 345 g/mol. The number of carbonyl (C=O) groups is 1. The molecule has 0 saturated carbocycles. The molecule has 0 unspecified atom stereocenters. The molecule has 132 valence electrons. The van der Waals surface area contributed by atoms with E-state index in [-0.39, 0.29) is 5.69 Å². The summed E-state index contributed by atoms with van der Waals surface area (Å²) in [5.41, 5.74) is 0.609. The Morgan fingerprint density at radius 1 is 0.962 bits per heavy atom. The predicted octanol–water partition coefficient (Wildman–Crippen LogP) is 3.76. The number of amides is 1. The van der Waals surface area contributed by atoms with Crippen LogP contribution in [0.4, 0.5) is 24.7 Å². The summed E-state index contributed by atoms with van der Waals surface area (Å²) in [5.74, 6) is -5.17. The highest BCUT2D eigenvalue weighted by molar-refractivity contribution is 6.05. The van der Waals surface area contributed by atoms with Gasteiger partial charge in [-0.25, -0.2) is 18.2 Å². The summed E-state index contributed by atoms with van der Waals surface area (Å²) in [6.45, 7) is 0.419. The maximum absolute atomic E-state index is 13.8. The summed E-state index contributed by atoms with van der Waals surface area (Å²) in [4.78, 5) is 20.3. The molecule has 1 aromatic carbocycles. The van der Waals surface area contributed by atoms with Gasteiger partial charge in [0.25, 0.3) is 5.91 Å².